The number of carbonyl (C=O) groups excluding carboxylic acids is 2. The second-order valence-electron chi connectivity index (χ2n) is 4.64. The Morgan fingerprint density at radius 2 is 1.91 bits per heavy atom. The average Bonchev–Trinajstić information content (AvgIpc) is 2.73. The minimum absolute atomic E-state index is 0.130. The minimum Gasteiger partial charge on any atom is -0.484 e. The summed E-state index contributed by atoms with van der Waals surface area (Å²) in [5, 5.41) is 3.16. The molecule has 0 saturated heterocycles. The molecule has 1 aromatic heterocycles. The summed E-state index contributed by atoms with van der Waals surface area (Å²) in [7, 11) is 0. The first-order valence-electron chi connectivity index (χ1n) is 6.46. The highest BCUT2D eigenvalue weighted by Crippen LogP contribution is 2.31. The quantitative estimate of drug-likeness (QED) is 0.716. The largest absolute Gasteiger partial charge is 0.484 e. The lowest BCUT2D eigenvalue weighted by atomic mass is 10.1. The van der Waals surface area contributed by atoms with E-state index in [0.29, 0.717) is 16.3 Å². The first-order valence-corrected chi connectivity index (χ1v) is 8.36. The van der Waals surface area contributed by atoms with Gasteiger partial charge in [-0.15, -0.1) is 11.3 Å². The molecule has 0 bridgehead atoms. The van der Waals surface area contributed by atoms with E-state index in [1.54, 1.807) is 12.1 Å². The van der Waals surface area contributed by atoms with Gasteiger partial charge in [0.2, 0.25) is 0 Å². The van der Waals surface area contributed by atoms with Crippen LogP contribution in [0.4, 0.5) is 5.00 Å². The third-order valence-corrected chi connectivity index (χ3v) is 4.91. The molecule has 0 spiro atoms. The maximum atomic E-state index is 12.0. The zero-order chi connectivity index (χ0) is 16.3. The number of hydrogen-bond donors (Lipinski definition) is 2. The number of aryl methyl sites for hydroxylation is 1. The van der Waals surface area contributed by atoms with Gasteiger partial charge in [0.05, 0.1) is 5.56 Å². The molecule has 0 unspecified atom stereocenters. The van der Waals surface area contributed by atoms with Crippen molar-refractivity contribution < 1.29 is 14.3 Å². The molecule has 1 aromatic carbocycles. The molecule has 0 radical (unpaired) electrons. The van der Waals surface area contributed by atoms with E-state index in [1.165, 1.54) is 11.3 Å². The van der Waals surface area contributed by atoms with E-state index < -0.39 is 5.91 Å². The Kier molecular flexibility index (Phi) is 5.41. The van der Waals surface area contributed by atoms with Crippen LogP contribution < -0.4 is 15.8 Å². The number of halogens is 1. The summed E-state index contributed by atoms with van der Waals surface area (Å²) in [4.78, 5) is 24.4. The number of primary amides is 1. The molecule has 0 aliphatic rings. The first kappa shape index (κ1) is 16.8. The Morgan fingerprint density at radius 1 is 1.27 bits per heavy atom. The third kappa shape index (κ3) is 3.98. The minimum atomic E-state index is -0.546. The maximum absolute atomic E-state index is 12.0. The molecule has 3 N–H and O–H groups in total. The second kappa shape index (κ2) is 7.10. The molecular formula is C15H15IN2O3S. The van der Waals surface area contributed by atoms with Crippen LogP contribution in [-0.2, 0) is 4.79 Å². The van der Waals surface area contributed by atoms with Crippen molar-refractivity contribution in [2.24, 2.45) is 5.73 Å². The average molecular weight is 430 g/mol. The molecule has 2 aromatic rings. The highest BCUT2D eigenvalue weighted by molar-refractivity contribution is 14.1. The zero-order valence-electron chi connectivity index (χ0n) is 12.1. The van der Waals surface area contributed by atoms with Gasteiger partial charge in [0, 0.05) is 8.45 Å². The number of ether oxygens (including phenoxy) is 1. The van der Waals surface area contributed by atoms with Crippen molar-refractivity contribution in [3.63, 3.8) is 0 Å². The number of amides is 2. The molecule has 5 nitrogen and oxygen atoms in total. The number of hydrogen-bond acceptors (Lipinski definition) is 4. The molecule has 2 amide bonds. The van der Waals surface area contributed by atoms with Gasteiger partial charge < -0.3 is 15.8 Å². The van der Waals surface area contributed by atoms with E-state index in [-0.39, 0.29) is 12.5 Å². The van der Waals surface area contributed by atoms with E-state index in [4.69, 9.17) is 10.5 Å². The fourth-order valence-electron chi connectivity index (χ4n) is 1.85. The van der Waals surface area contributed by atoms with Gasteiger partial charge in [-0.2, -0.15) is 0 Å². The predicted molar refractivity (Wildman–Crippen MR) is 95.6 cm³/mol. The van der Waals surface area contributed by atoms with Gasteiger partial charge in [0.15, 0.2) is 6.61 Å². The van der Waals surface area contributed by atoms with Crippen molar-refractivity contribution in [2.45, 2.75) is 13.8 Å². The van der Waals surface area contributed by atoms with Crippen LogP contribution in [0.25, 0.3) is 0 Å². The summed E-state index contributed by atoms with van der Waals surface area (Å²) in [6, 6.07) is 7.38. The number of benzene rings is 1. The van der Waals surface area contributed by atoms with E-state index in [1.807, 2.05) is 26.0 Å². The highest BCUT2D eigenvalue weighted by Gasteiger charge is 2.19. The van der Waals surface area contributed by atoms with Crippen molar-refractivity contribution in [1.82, 2.24) is 0 Å². The summed E-state index contributed by atoms with van der Waals surface area (Å²) in [6.45, 7) is 3.56. The van der Waals surface area contributed by atoms with Gasteiger partial charge in [-0.1, -0.05) is 0 Å². The van der Waals surface area contributed by atoms with E-state index >= 15 is 0 Å². The van der Waals surface area contributed by atoms with Crippen LogP contribution in [0.2, 0.25) is 0 Å². The molecule has 0 aliphatic heterocycles. The Balaban J connectivity index is 2.02. The number of rotatable bonds is 5. The lowest BCUT2D eigenvalue weighted by Gasteiger charge is -2.07. The fraction of sp³-hybridized carbons (Fsp3) is 0.200. The van der Waals surface area contributed by atoms with Crippen LogP contribution in [0, 0.1) is 17.4 Å². The second-order valence-corrected chi connectivity index (χ2v) is 7.11. The van der Waals surface area contributed by atoms with Crippen LogP contribution in [0.5, 0.6) is 5.75 Å². The smallest absolute Gasteiger partial charge is 0.262 e. The SMILES string of the molecule is Cc1sc(NC(=O)COc2ccc(I)cc2)c(C(N)=O)c1C. The monoisotopic (exact) mass is 430 g/mol. The van der Waals surface area contributed by atoms with Gasteiger partial charge >= 0.3 is 0 Å². The van der Waals surface area contributed by atoms with Crippen molar-refractivity contribution in [3.8, 4) is 5.75 Å². The van der Waals surface area contributed by atoms with Gasteiger partial charge in [0.25, 0.3) is 11.8 Å². The standard InChI is InChI=1S/C15H15IN2O3S/c1-8-9(2)22-15(13(8)14(17)20)18-12(19)7-21-11-5-3-10(16)4-6-11/h3-6H,7H2,1-2H3,(H2,17,20)(H,18,19). The van der Waals surface area contributed by atoms with Gasteiger partial charge in [0.1, 0.15) is 10.8 Å². The molecule has 22 heavy (non-hydrogen) atoms. The Hall–Kier alpha value is -1.61. The molecule has 0 fully saturated rings. The van der Waals surface area contributed by atoms with E-state index in [9.17, 15) is 9.59 Å². The van der Waals surface area contributed by atoms with Crippen LogP contribution >= 0.6 is 33.9 Å². The molecular weight excluding hydrogens is 415 g/mol. The molecule has 2 rings (SSSR count). The van der Waals surface area contributed by atoms with E-state index in [2.05, 4.69) is 27.9 Å². The fourth-order valence-corrected chi connectivity index (χ4v) is 3.30. The first-order chi connectivity index (χ1) is 10.4. The van der Waals surface area contributed by atoms with Crippen LogP contribution in [-0.4, -0.2) is 18.4 Å². The lowest BCUT2D eigenvalue weighted by molar-refractivity contribution is -0.118. The van der Waals surface area contributed by atoms with Gasteiger partial charge in [-0.25, -0.2) is 0 Å². The Morgan fingerprint density at radius 3 is 2.50 bits per heavy atom. The third-order valence-electron chi connectivity index (χ3n) is 3.07. The number of thiophene rings is 1. The molecule has 1 heterocycles. The van der Waals surface area contributed by atoms with Crippen molar-refractivity contribution in [2.75, 3.05) is 11.9 Å². The number of anilines is 1. The van der Waals surface area contributed by atoms with E-state index in [0.717, 1.165) is 14.0 Å². The van der Waals surface area contributed by atoms with Gasteiger partial charge in [-0.3, -0.25) is 9.59 Å². The van der Waals surface area contributed by atoms with Crippen molar-refractivity contribution in [1.29, 1.82) is 0 Å². The molecule has 0 atom stereocenters. The summed E-state index contributed by atoms with van der Waals surface area (Å²) >= 11 is 3.52. The van der Waals surface area contributed by atoms with Gasteiger partial charge in [-0.05, 0) is 66.3 Å². The molecule has 0 saturated carbocycles. The summed E-state index contributed by atoms with van der Waals surface area (Å²) in [5.74, 6) is -0.262. The Labute approximate surface area is 146 Å². The summed E-state index contributed by atoms with van der Waals surface area (Å²) in [6.07, 6.45) is 0. The predicted octanol–water partition coefficient (Wildman–Crippen LogP) is 3.09. The normalized spacial score (nSPS) is 10.3. The zero-order valence-corrected chi connectivity index (χ0v) is 15.1. The Bertz CT molecular complexity index is 710. The van der Waals surface area contributed by atoms with Crippen molar-refractivity contribution >= 4 is 50.7 Å². The summed E-state index contributed by atoms with van der Waals surface area (Å²) < 4.78 is 6.49. The summed E-state index contributed by atoms with van der Waals surface area (Å²) in [5.41, 5.74) is 6.53. The topological polar surface area (TPSA) is 81.4 Å². The molecule has 0 aliphatic carbocycles. The number of nitrogens with two attached hydrogens (primary N) is 1. The van der Waals surface area contributed by atoms with Crippen LogP contribution in [0.15, 0.2) is 24.3 Å². The van der Waals surface area contributed by atoms with Crippen molar-refractivity contribution in [3.05, 3.63) is 43.8 Å². The molecule has 7 heteroatoms. The lowest BCUT2D eigenvalue weighted by Crippen LogP contribution is -2.22. The number of nitrogens with one attached hydrogen (secondary N) is 1. The number of carbonyl (C=O) groups is 2. The van der Waals surface area contributed by atoms with Crippen LogP contribution in [0.3, 0.4) is 0 Å². The molecule has 116 valence electrons. The maximum Gasteiger partial charge on any atom is 0.262 e. The highest BCUT2D eigenvalue weighted by atomic mass is 127. The van der Waals surface area contributed by atoms with Crippen LogP contribution in [0.1, 0.15) is 20.8 Å².